The van der Waals surface area contributed by atoms with E-state index in [1.807, 2.05) is 26.0 Å². The Bertz CT molecular complexity index is 423. The van der Waals surface area contributed by atoms with Gasteiger partial charge in [0.05, 0.1) is 0 Å². The molecule has 4 heteroatoms. The molecule has 0 saturated heterocycles. The zero-order chi connectivity index (χ0) is 14.4. The van der Waals surface area contributed by atoms with Crippen molar-refractivity contribution in [3.05, 3.63) is 33.8 Å². The van der Waals surface area contributed by atoms with Gasteiger partial charge in [-0.1, -0.05) is 31.4 Å². The molecule has 0 saturated carbocycles. The van der Waals surface area contributed by atoms with Crippen LogP contribution < -0.4 is 5.32 Å². The number of rotatable bonds is 7. The number of unbranched alkanes of at least 4 members (excludes halogenated alkanes) is 1. The quantitative estimate of drug-likeness (QED) is 0.802. The van der Waals surface area contributed by atoms with Crippen LogP contribution in [0.5, 0.6) is 0 Å². The molecule has 1 atom stereocenters. The summed E-state index contributed by atoms with van der Waals surface area (Å²) in [6, 6.07) is 3.34. The van der Waals surface area contributed by atoms with Crippen LogP contribution in [0.3, 0.4) is 0 Å². The lowest BCUT2D eigenvalue weighted by molar-refractivity contribution is -0.139. The van der Waals surface area contributed by atoms with Crippen molar-refractivity contribution in [2.75, 3.05) is 0 Å². The van der Waals surface area contributed by atoms with Crippen LogP contribution in [-0.4, -0.2) is 17.1 Å². The van der Waals surface area contributed by atoms with Crippen molar-refractivity contribution >= 4 is 17.6 Å². The maximum Gasteiger partial charge on any atom is 0.320 e. The Kier molecular flexibility index (Phi) is 6.32. The fraction of sp³-hybridized carbons (Fsp3) is 0.533. The van der Waals surface area contributed by atoms with Gasteiger partial charge < -0.3 is 10.4 Å². The average molecular weight is 284 g/mol. The van der Waals surface area contributed by atoms with E-state index in [1.165, 1.54) is 0 Å². The maximum absolute atomic E-state index is 11.2. The summed E-state index contributed by atoms with van der Waals surface area (Å²) in [6.07, 6.45) is 2.59. The molecule has 0 unspecified atom stereocenters. The van der Waals surface area contributed by atoms with Gasteiger partial charge in [0, 0.05) is 11.6 Å². The van der Waals surface area contributed by atoms with Crippen LogP contribution in [0.15, 0.2) is 12.1 Å². The monoisotopic (exact) mass is 283 g/mol. The molecule has 1 aromatic rings. The second-order valence-corrected chi connectivity index (χ2v) is 5.37. The third-order valence-electron chi connectivity index (χ3n) is 3.33. The van der Waals surface area contributed by atoms with E-state index >= 15 is 0 Å². The van der Waals surface area contributed by atoms with Crippen molar-refractivity contribution in [3.63, 3.8) is 0 Å². The fourth-order valence-corrected chi connectivity index (χ4v) is 2.49. The van der Waals surface area contributed by atoms with E-state index < -0.39 is 12.0 Å². The largest absolute Gasteiger partial charge is 0.480 e. The van der Waals surface area contributed by atoms with E-state index in [1.54, 1.807) is 0 Å². The number of carboxylic acids is 1. The topological polar surface area (TPSA) is 49.3 Å². The molecule has 0 fully saturated rings. The average Bonchev–Trinajstić information content (AvgIpc) is 2.31. The molecule has 0 amide bonds. The molecule has 1 rings (SSSR count). The molecule has 0 aliphatic rings. The Labute approximate surface area is 120 Å². The molecular weight excluding hydrogens is 262 g/mol. The van der Waals surface area contributed by atoms with Crippen LogP contribution in [0.25, 0.3) is 0 Å². The summed E-state index contributed by atoms with van der Waals surface area (Å²) >= 11 is 5.99. The standard InChI is InChI=1S/C15H22ClNO2/c1-4-5-6-14(15(18)19)17-9-13-10(2)7-12(16)8-11(13)3/h7-8,14,17H,4-6,9H2,1-3H3,(H,18,19)/t14-/m0/s1. The highest BCUT2D eigenvalue weighted by Gasteiger charge is 2.16. The van der Waals surface area contributed by atoms with E-state index in [4.69, 9.17) is 11.6 Å². The highest BCUT2D eigenvalue weighted by Crippen LogP contribution is 2.20. The summed E-state index contributed by atoms with van der Waals surface area (Å²) in [7, 11) is 0. The minimum Gasteiger partial charge on any atom is -0.480 e. The van der Waals surface area contributed by atoms with Crippen molar-refractivity contribution in [1.82, 2.24) is 5.32 Å². The molecule has 0 bridgehead atoms. The molecule has 0 aliphatic carbocycles. The number of carboxylic acid groups (broad SMARTS) is 1. The van der Waals surface area contributed by atoms with Gasteiger partial charge in [0.15, 0.2) is 0 Å². The maximum atomic E-state index is 11.2. The first kappa shape index (κ1) is 16.0. The van der Waals surface area contributed by atoms with E-state index in [0.29, 0.717) is 13.0 Å². The van der Waals surface area contributed by atoms with Crippen LogP contribution in [0, 0.1) is 13.8 Å². The van der Waals surface area contributed by atoms with Crippen LogP contribution in [-0.2, 0) is 11.3 Å². The van der Waals surface area contributed by atoms with Gasteiger partial charge in [0.25, 0.3) is 0 Å². The Morgan fingerprint density at radius 2 is 1.95 bits per heavy atom. The van der Waals surface area contributed by atoms with Crippen LogP contribution >= 0.6 is 11.6 Å². The smallest absolute Gasteiger partial charge is 0.320 e. The zero-order valence-electron chi connectivity index (χ0n) is 11.8. The number of benzene rings is 1. The van der Waals surface area contributed by atoms with Gasteiger partial charge in [-0.25, -0.2) is 0 Å². The predicted molar refractivity (Wildman–Crippen MR) is 78.7 cm³/mol. The minimum absolute atomic E-state index is 0.477. The van der Waals surface area contributed by atoms with Gasteiger partial charge in [0.2, 0.25) is 0 Å². The van der Waals surface area contributed by atoms with Crippen molar-refractivity contribution in [1.29, 1.82) is 0 Å². The number of halogens is 1. The second kappa shape index (κ2) is 7.51. The van der Waals surface area contributed by atoms with Gasteiger partial charge in [0.1, 0.15) is 6.04 Å². The van der Waals surface area contributed by atoms with E-state index in [9.17, 15) is 9.90 Å². The predicted octanol–water partition coefficient (Wildman–Crippen LogP) is 3.69. The molecule has 3 nitrogen and oxygen atoms in total. The molecule has 1 aromatic carbocycles. The lowest BCUT2D eigenvalue weighted by Crippen LogP contribution is -2.36. The molecule has 0 aliphatic heterocycles. The number of carbonyl (C=O) groups is 1. The fourth-order valence-electron chi connectivity index (χ4n) is 2.17. The first-order valence-corrected chi connectivity index (χ1v) is 7.05. The number of aryl methyl sites for hydroxylation is 2. The number of aliphatic carboxylic acids is 1. The molecule has 0 spiro atoms. The van der Waals surface area contributed by atoms with Crippen molar-refractivity contribution in [3.8, 4) is 0 Å². The number of hydrogen-bond acceptors (Lipinski definition) is 2. The Balaban J connectivity index is 2.71. The number of hydrogen-bond donors (Lipinski definition) is 2. The minimum atomic E-state index is -0.780. The van der Waals surface area contributed by atoms with Gasteiger partial charge in [-0.2, -0.15) is 0 Å². The third kappa shape index (κ3) is 4.84. The Hall–Kier alpha value is -1.06. The lowest BCUT2D eigenvalue weighted by atomic mass is 10.0. The summed E-state index contributed by atoms with van der Waals surface area (Å²) in [5.41, 5.74) is 3.32. The number of nitrogens with one attached hydrogen (secondary N) is 1. The molecular formula is C15H22ClNO2. The SMILES string of the molecule is CCCC[C@H](NCc1c(C)cc(Cl)cc1C)C(=O)O. The van der Waals surface area contributed by atoms with E-state index in [-0.39, 0.29) is 0 Å². The van der Waals surface area contributed by atoms with Gasteiger partial charge in [-0.15, -0.1) is 0 Å². The molecule has 106 valence electrons. The van der Waals surface area contributed by atoms with E-state index in [2.05, 4.69) is 12.2 Å². The van der Waals surface area contributed by atoms with Gasteiger partial charge in [-0.05, 0) is 49.1 Å². The Morgan fingerprint density at radius 3 is 2.42 bits per heavy atom. The van der Waals surface area contributed by atoms with E-state index in [0.717, 1.165) is 34.6 Å². The highest BCUT2D eigenvalue weighted by molar-refractivity contribution is 6.30. The van der Waals surface area contributed by atoms with Crippen molar-refractivity contribution < 1.29 is 9.90 Å². The zero-order valence-corrected chi connectivity index (χ0v) is 12.5. The summed E-state index contributed by atoms with van der Waals surface area (Å²) < 4.78 is 0. The summed E-state index contributed by atoms with van der Waals surface area (Å²) in [6.45, 7) is 6.62. The second-order valence-electron chi connectivity index (χ2n) is 4.93. The molecule has 0 radical (unpaired) electrons. The first-order valence-electron chi connectivity index (χ1n) is 6.67. The van der Waals surface area contributed by atoms with Crippen LogP contribution in [0.1, 0.15) is 42.9 Å². The molecule has 0 aromatic heterocycles. The summed E-state index contributed by atoms with van der Waals surface area (Å²) in [4.78, 5) is 11.2. The molecule has 19 heavy (non-hydrogen) atoms. The van der Waals surface area contributed by atoms with Gasteiger partial charge in [-0.3, -0.25) is 4.79 Å². The lowest BCUT2D eigenvalue weighted by Gasteiger charge is -2.17. The molecule has 0 heterocycles. The van der Waals surface area contributed by atoms with Crippen molar-refractivity contribution in [2.45, 2.75) is 52.6 Å². The summed E-state index contributed by atoms with van der Waals surface area (Å²) in [5, 5.41) is 13.0. The highest BCUT2D eigenvalue weighted by atomic mass is 35.5. The van der Waals surface area contributed by atoms with Gasteiger partial charge >= 0.3 is 5.97 Å². The van der Waals surface area contributed by atoms with Crippen molar-refractivity contribution in [2.24, 2.45) is 0 Å². The van der Waals surface area contributed by atoms with Crippen LogP contribution in [0.4, 0.5) is 0 Å². The molecule has 2 N–H and O–H groups in total. The summed E-state index contributed by atoms with van der Waals surface area (Å²) in [5.74, 6) is -0.780. The Morgan fingerprint density at radius 1 is 1.37 bits per heavy atom. The van der Waals surface area contributed by atoms with Crippen LogP contribution in [0.2, 0.25) is 5.02 Å². The first-order chi connectivity index (χ1) is 8.95. The third-order valence-corrected chi connectivity index (χ3v) is 3.55. The normalized spacial score (nSPS) is 12.4.